The van der Waals surface area contributed by atoms with Crippen LogP contribution in [-0.2, 0) is 16.0 Å². The summed E-state index contributed by atoms with van der Waals surface area (Å²) in [7, 11) is 1.23. The molecule has 31 heavy (non-hydrogen) atoms. The van der Waals surface area contributed by atoms with Gasteiger partial charge in [-0.15, -0.1) is 0 Å². The minimum absolute atomic E-state index is 0.126. The van der Waals surface area contributed by atoms with E-state index in [-0.39, 0.29) is 12.3 Å². The number of carbonyl (C=O) groups is 4. The van der Waals surface area contributed by atoms with Crippen molar-refractivity contribution in [3.05, 3.63) is 65.9 Å². The summed E-state index contributed by atoms with van der Waals surface area (Å²) in [6.45, 7) is 1.45. The van der Waals surface area contributed by atoms with Crippen molar-refractivity contribution >= 4 is 40.4 Å². The standard InChI is InChI=1S/C22H22N4O5/c1-13(27)26-12-15(17-5-3-4-6-19(17)26)11-18(21(29)31-2)25-22(30)24-16-9-7-14(8-10-16)20(23)28/h3-10,12,18H,11H2,1-2H3,(H2,23,28)(H2,24,25,30). The number of hydrogen-bond acceptors (Lipinski definition) is 5. The summed E-state index contributed by atoms with van der Waals surface area (Å²) in [5, 5.41) is 5.99. The molecule has 1 atom stereocenters. The molecule has 3 amide bonds. The van der Waals surface area contributed by atoms with Crippen LogP contribution in [0.1, 0.15) is 27.6 Å². The van der Waals surface area contributed by atoms with Crippen molar-refractivity contribution in [2.24, 2.45) is 5.73 Å². The third-order valence-corrected chi connectivity index (χ3v) is 4.78. The molecule has 0 saturated carbocycles. The Morgan fingerprint density at radius 2 is 1.74 bits per heavy atom. The Kier molecular flexibility index (Phi) is 6.35. The van der Waals surface area contributed by atoms with E-state index in [2.05, 4.69) is 10.6 Å². The van der Waals surface area contributed by atoms with Gasteiger partial charge in [0.1, 0.15) is 6.04 Å². The number of para-hydroxylation sites is 1. The third kappa shape index (κ3) is 4.89. The van der Waals surface area contributed by atoms with Crippen LogP contribution in [0.2, 0.25) is 0 Å². The molecule has 3 aromatic rings. The summed E-state index contributed by atoms with van der Waals surface area (Å²) < 4.78 is 6.34. The molecule has 0 aliphatic carbocycles. The van der Waals surface area contributed by atoms with Crippen molar-refractivity contribution in [3.8, 4) is 0 Å². The number of primary amides is 1. The fourth-order valence-electron chi connectivity index (χ4n) is 3.27. The molecule has 0 bridgehead atoms. The van der Waals surface area contributed by atoms with Gasteiger partial charge < -0.3 is 21.1 Å². The lowest BCUT2D eigenvalue weighted by molar-refractivity contribution is -0.142. The Morgan fingerprint density at radius 1 is 1.06 bits per heavy atom. The predicted molar refractivity (Wildman–Crippen MR) is 115 cm³/mol. The average molecular weight is 422 g/mol. The van der Waals surface area contributed by atoms with Crippen molar-refractivity contribution in [2.75, 3.05) is 12.4 Å². The van der Waals surface area contributed by atoms with Crippen LogP contribution in [-0.4, -0.2) is 41.5 Å². The lowest BCUT2D eigenvalue weighted by Crippen LogP contribution is -2.45. The van der Waals surface area contributed by atoms with Gasteiger partial charge in [-0.1, -0.05) is 18.2 Å². The topological polar surface area (TPSA) is 133 Å². The molecule has 3 rings (SSSR count). The molecular weight excluding hydrogens is 400 g/mol. The number of fused-ring (bicyclic) bond motifs is 1. The molecule has 0 radical (unpaired) electrons. The Balaban J connectivity index is 1.79. The van der Waals surface area contributed by atoms with Crippen LogP contribution in [0.5, 0.6) is 0 Å². The second-order valence-electron chi connectivity index (χ2n) is 6.88. The van der Waals surface area contributed by atoms with Crippen molar-refractivity contribution in [1.29, 1.82) is 0 Å². The minimum atomic E-state index is -0.985. The van der Waals surface area contributed by atoms with Gasteiger partial charge >= 0.3 is 12.0 Å². The van der Waals surface area contributed by atoms with Gasteiger partial charge in [0.25, 0.3) is 0 Å². The Labute approximate surface area is 178 Å². The van der Waals surface area contributed by atoms with Gasteiger partial charge in [-0.3, -0.25) is 14.2 Å². The molecular formula is C22H22N4O5. The highest BCUT2D eigenvalue weighted by Crippen LogP contribution is 2.23. The molecule has 9 nitrogen and oxygen atoms in total. The van der Waals surface area contributed by atoms with E-state index in [1.165, 1.54) is 42.9 Å². The highest BCUT2D eigenvalue weighted by molar-refractivity contribution is 5.96. The van der Waals surface area contributed by atoms with Gasteiger partial charge in [0.15, 0.2) is 0 Å². The molecule has 9 heteroatoms. The monoisotopic (exact) mass is 422 g/mol. The first kappa shape index (κ1) is 21.6. The van der Waals surface area contributed by atoms with Crippen molar-refractivity contribution < 1.29 is 23.9 Å². The fourth-order valence-corrected chi connectivity index (χ4v) is 3.27. The molecule has 2 aromatic carbocycles. The SMILES string of the molecule is COC(=O)C(Cc1cn(C(C)=O)c2ccccc12)NC(=O)Nc1ccc(C(N)=O)cc1. The van der Waals surface area contributed by atoms with Crippen LogP contribution in [0.15, 0.2) is 54.7 Å². The number of ether oxygens (including phenoxy) is 1. The van der Waals surface area contributed by atoms with Gasteiger partial charge in [0.05, 0.1) is 12.6 Å². The van der Waals surface area contributed by atoms with E-state index in [9.17, 15) is 19.2 Å². The minimum Gasteiger partial charge on any atom is -0.467 e. The highest BCUT2D eigenvalue weighted by Gasteiger charge is 2.24. The maximum absolute atomic E-state index is 12.4. The zero-order chi connectivity index (χ0) is 22.5. The maximum Gasteiger partial charge on any atom is 0.328 e. The maximum atomic E-state index is 12.4. The number of nitrogens with two attached hydrogens (primary N) is 1. The van der Waals surface area contributed by atoms with Crippen molar-refractivity contribution in [3.63, 3.8) is 0 Å². The quantitative estimate of drug-likeness (QED) is 0.524. The first-order valence-electron chi connectivity index (χ1n) is 9.45. The zero-order valence-corrected chi connectivity index (χ0v) is 17.0. The zero-order valence-electron chi connectivity index (χ0n) is 17.0. The summed E-state index contributed by atoms with van der Waals surface area (Å²) in [5.41, 5.74) is 7.35. The smallest absolute Gasteiger partial charge is 0.328 e. The number of aromatic nitrogens is 1. The number of methoxy groups -OCH3 is 1. The fraction of sp³-hybridized carbons (Fsp3) is 0.182. The molecule has 0 fully saturated rings. The van der Waals surface area contributed by atoms with Gasteiger partial charge in [-0.25, -0.2) is 9.59 Å². The van der Waals surface area contributed by atoms with Gasteiger partial charge in [-0.05, 0) is 35.9 Å². The summed E-state index contributed by atoms with van der Waals surface area (Å²) in [4.78, 5) is 47.9. The summed E-state index contributed by atoms with van der Waals surface area (Å²) >= 11 is 0. The van der Waals surface area contributed by atoms with Crippen molar-refractivity contribution in [1.82, 2.24) is 9.88 Å². The molecule has 4 N–H and O–H groups in total. The molecule has 0 aliphatic heterocycles. The van der Waals surface area contributed by atoms with E-state index in [0.29, 0.717) is 22.3 Å². The second kappa shape index (κ2) is 9.12. The van der Waals surface area contributed by atoms with Crippen molar-refractivity contribution in [2.45, 2.75) is 19.4 Å². The summed E-state index contributed by atoms with van der Waals surface area (Å²) in [6.07, 6.45) is 1.78. The molecule has 0 aliphatic rings. The number of rotatable bonds is 6. The number of nitrogens with zero attached hydrogens (tertiary/aromatic N) is 1. The Bertz CT molecular complexity index is 1150. The number of carbonyl (C=O) groups excluding carboxylic acids is 4. The van der Waals surface area contributed by atoms with E-state index >= 15 is 0 Å². The number of anilines is 1. The molecule has 0 spiro atoms. The summed E-state index contributed by atoms with van der Waals surface area (Å²) in [5.74, 6) is -1.37. The van der Waals surface area contributed by atoms with Crippen LogP contribution < -0.4 is 16.4 Å². The number of urea groups is 1. The van der Waals surface area contributed by atoms with E-state index in [4.69, 9.17) is 10.5 Å². The molecule has 0 saturated heterocycles. The highest BCUT2D eigenvalue weighted by atomic mass is 16.5. The first-order valence-corrected chi connectivity index (χ1v) is 9.45. The third-order valence-electron chi connectivity index (χ3n) is 4.78. The summed E-state index contributed by atoms with van der Waals surface area (Å²) in [6, 6.07) is 11.7. The predicted octanol–water partition coefficient (Wildman–Crippen LogP) is 2.31. The number of esters is 1. The van der Waals surface area contributed by atoms with Crippen LogP contribution >= 0.6 is 0 Å². The lowest BCUT2D eigenvalue weighted by Gasteiger charge is -2.17. The van der Waals surface area contributed by atoms with E-state index in [1.807, 2.05) is 24.3 Å². The first-order chi connectivity index (χ1) is 14.8. The Morgan fingerprint density at radius 3 is 2.35 bits per heavy atom. The van der Waals surface area contributed by atoms with Crippen LogP contribution in [0.25, 0.3) is 10.9 Å². The van der Waals surface area contributed by atoms with Gasteiger partial charge in [0.2, 0.25) is 11.8 Å². The normalized spacial score (nSPS) is 11.5. The van der Waals surface area contributed by atoms with Gasteiger partial charge in [0, 0.05) is 36.2 Å². The lowest BCUT2D eigenvalue weighted by atomic mass is 10.1. The van der Waals surface area contributed by atoms with E-state index in [0.717, 1.165) is 5.39 Å². The molecule has 1 aromatic heterocycles. The largest absolute Gasteiger partial charge is 0.467 e. The van der Waals surface area contributed by atoms with Crippen LogP contribution in [0.3, 0.4) is 0 Å². The number of amides is 3. The van der Waals surface area contributed by atoms with E-state index in [1.54, 1.807) is 6.20 Å². The van der Waals surface area contributed by atoms with E-state index < -0.39 is 23.9 Å². The second-order valence-corrected chi connectivity index (χ2v) is 6.88. The number of hydrogen-bond donors (Lipinski definition) is 3. The molecule has 160 valence electrons. The molecule has 1 unspecified atom stereocenters. The van der Waals surface area contributed by atoms with Gasteiger partial charge in [-0.2, -0.15) is 0 Å². The molecule has 1 heterocycles. The van der Waals surface area contributed by atoms with Crippen LogP contribution in [0, 0.1) is 0 Å². The number of benzene rings is 2. The number of nitrogens with one attached hydrogen (secondary N) is 2. The Hall–Kier alpha value is -4.14. The average Bonchev–Trinajstić information content (AvgIpc) is 3.12. The van der Waals surface area contributed by atoms with Crippen LogP contribution in [0.4, 0.5) is 10.5 Å².